The molecule has 0 N–H and O–H groups in total. The molecule has 1 saturated heterocycles. The van der Waals surface area contributed by atoms with Crippen molar-refractivity contribution in [2.45, 2.75) is 38.5 Å². The number of aryl methyl sites for hydroxylation is 1. The number of thioether (sulfide) groups is 1. The van der Waals surface area contributed by atoms with Crippen molar-refractivity contribution < 1.29 is 14.3 Å². The summed E-state index contributed by atoms with van der Waals surface area (Å²) < 4.78 is 10.6. The molecule has 0 bridgehead atoms. The standard InChI is InChI=1S/C23H27N3O3S/c1-5-8-21-22(27)26(15-18-10-7-6-9-16(18)2)23(30-21)25-24-14-17-11-12-19(28-3)13-20(17)29-4/h6-7,9-14,21H,5,8,15H2,1-4H3/b24-14-,25-23-/t21-/m1/s1. The van der Waals surface area contributed by atoms with E-state index in [0.29, 0.717) is 23.2 Å². The molecule has 158 valence electrons. The van der Waals surface area contributed by atoms with Crippen LogP contribution in [0.25, 0.3) is 0 Å². The summed E-state index contributed by atoms with van der Waals surface area (Å²) in [6, 6.07) is 13.6. The third kappa shape index (κ3) is 5.02. The minimum atomic E-state index is -0.108. The summed E-state index contributed by atoms with van der Waals surface area (Å²) in [5, 5.41) is 9.17. The quantitative estimate of drug-likeness (QED) is 0.456. The van der Waals surface area contributed by atoms with E-state index in [1.54, 1.807) is 31.4 Å². The van der Waals surface area contributed by atoms with E-state index in [9.17, 15) is 4.79 Å². The molecule has 1 amide bonds. The Morgan fingerprint density at radius 1 is 1.17 bits per heavy atom. The fourth-order valence-corrected chi connectivity index (χ4v) is 4.41. The summed E-state index contributed by atoms with van der Waals surface area (Å²) in [5.41, 5.74) is 3.05. The van der Waals surface area contributed by atoms with Gasteiger partial charge in [-0.2, -0.15) is 5.10 Å². The molecule has 0 aliphatic carbocycles. The Hall–Kier alpha value is -2.80. The second kappa shape index (κ2) is 10.3. The number of methoxy groups -OCH3 is 2. The number of hydrogen-bond acceptors (Lipinski definition) is 6. The lowest BCUT2D eigenvalue weighted by molar-refractivity contribution is -0.126. The molecule has 1 atom stereocenters. The average molecular weight is 426 g/mol. The highest BCUT2D eigenvalue weighted by Gasteiger charge is 2.37. The smallest absolute Gasteiger partial charge is 0.242 e. The van der Waals surface area contributed by atoms with Gasteiger partial charge in [0.15, 0.2) is 5.17 Å². The number of nitrogens with zero attached hydrogens (tertiary/aromatic N) is 3. The molecule has 2 aromatic rings. The topological polar surface area (TPSA) is 63.5 Å². The van der Waals surface area contributed by atoms with Gasteiger partial charge >= 0.3 is 0 Å². The predicted molar refractivity (Wildman–Crippen MR) is 123 cm³/mol. The van der Waals surface area contributed by atoms with Crippen molar-refractivity contribution in [3.8, 4) is 11.5 Å². The van der Waals surface area contributed by atoms with Crippen LogP contribution in [0.5, 0.6) is 11.5 Å². The zero-order chi connectivity index (χ0) is 21.5. The van der Waals surface area contributed by atoms with Gasteiger partial charge in [-0.1, -0.05) is 49.4 Å². The van der Waals surface area contributed by atoms with Gasteiger partial charge in [0.1, 0.15) is 11.5 Å². The first-order chi connectivity index (χ1) is 14.6. The van der Waals surface area contributed by atoms with Crippen molar-refractivity contribution in [1.29, 1.82) is 0 Å². The number of hydrogen-bond donors (Lipinski definition) is 0. The Labute approximate surface area is 182 Å². The summed E-state index contributed by atoms with van der Waals surface area (Å²) in [6.45, 7) is 4.64. The molecular formula is C23H27N3O3S. The maximum Gasteiger partial charge on any atom is 0.242 e. The van der Waals surface area contributed by atoms with Crippen molar-refractivity contribution in [2.24, 2.45) is 10.2 Å². The zero-order valence-corrected chi connectivity index (χ0v) is 18.6. The summed E-state index contributed by atoms with van der Waals surface area (Å²) in [4.78, 5) is 14.7. The third-order valence-electron chi connectivity index (χ3n) is 4.94. The monoisotopic (exact) mass is 425 g/mol. The lowest BCUT2D eigenvalue weighted by atomic mass is 10.1. The van der Waals surface area contributed by atoms with Gasteiger partial charge in [-0.15, -0.1) is 5.10 Å². The van der Waals surface area contributed by atoms with E-state index in [4.69, 9.17) is 9.47 Å². The largest absolute Gasteiger partial charge is 0.497 e. The summed E-state index contributed by atoms with van der Waals surface area (Å²) in [6.07, 6.45) is 3.40. The molecule has 7 heteroatoms. The zero-order valence-electron chi connectivity index (χ0n) is 17.8. The Bertz CT molecular complexity index is 958. The van der Waals surface area contributed by atoms with Crippen LogP contribution in [0.15, 0.2) is 52.7 Å². The normalized spacial score (nSPS) is 17.9. The molecule has 0 aromatic heterocycles. The van der Waals surface area contributed by atoms with Crippen LogP contribution >= 0.6 is 11.8 Å². The summed E-state index contributed by atoms with van der Waals surface area (Å²) in [7, 11) is 3.21. The molecule has 1 aliphatic heterocycles. The van der Waals surface area contributed by atoms with Crippen LogP contribution in [0.1, 0.15) is 36.5 Å². The van der Waals surface area contributed by atoms with Gasteiger partial charge in [0, 0.05) is 11.6 Å². The van der Waals surface area contributed by atoms with Crippen molar-refractivity contribution in [1.82, 2.24) is 4.90 Å². The maximum atomic E-state index is 13.0. The SMILES string of the molecule is CCC[C@H]1S/C(=N\N=C/c2ccc(OC)cc2OC)N(Cc2ccccc2C)C1=O. The van der Waals surface area contributed by atoms with Gasteiger partial charge in [-0.25, -0.2) is 0 Å². The Kier molecular flexibility index (Phi) is 7.52. The van der Waals surface area contributed by atoms with E-state index in [1.807, 2.05) is 30.3 Å². The van der Waals surface area contributed by atoms with Crippen molar-refractivity contribution >= 4 is 29.1 Å². The molecule has 0 radical (unpaired) electrons. The molecular weight excluding hydrogens is 398 g/mol. The van der Waals surface area contributed by atoms with E-state index in [2.05, 4.69) is 30.1 Å². The first-order valence-corrected chi connectivity index (χ1v) is 10.8. The molecule has 0 unspecified atom stereocenters. The van der Waals surface area contributed by atoms with Crippen molar-refractivity contribution in [3.63, 3.8) is 0 Å². The average Bonchev–Trinajstić information content (AvgIpc) is 3.05. The number of carbonyl (C=O) groups excluding carboxylic acids is 1. The number of rotatable bonds is 8. The Morgan fingerprint density at radius 2 is 1.97 bits per heavy atom. The van der Waals surface area contributed by atoms with E-state index in [0.717, 1.165) is 29.5 Å². The minimum absolute atomic E-state index is 0.0982. The minimum Gasteiger partial charge on any atom is -0.497 e. The molecule has 3 rings (SSSR count). The number of amidine groups is 1. The Morgan fingerprint density at radius 3 is 2.67 bits per heavy atom. The van der Waals surface area contributed by atoms with Crippen LogP contribution in [-0.2, 0) is 11.3 Å². The van der Waals surface area contributed by atoms with Gasteiger partial charge in [-0.05, 0) is 36.6 Å². The van der Waals surface area contributed by atoms with Crippen LogP contribution in [0, 0.1) is 6.92 Å². The van der Waals surface area contributed by atoms with E-state index < -0.39 is 0 Å². The number of carbonyl (C=O) groups is 1. The molecule has 1 fully saturated rings. The van der Waals surface area contributed by atoms with Gasteiger partial charge in [-0.3, -0.25) is 9.69 Å². The molecule has 1 heterocycles. The fraction of sp³-hybridized carbons (Fsp3) is 0.348. The van der Waals surface area contributed by atoms with Crippen LogP contribution < -0.4 is 9.47 Å². The number of ether oxygens (including phenoxy) is 2. The first-order valence-electron chi connectivity index (χ1n) is 9.93. The first kappa shape index (κ1) is 21.9. The van der Waals surface area contributed by atoms with Crippen LogP contribution in [0.3, 0.4) is 0 Å². The third-order valence-corrected chi connectivity index (χ3v) is 6.18. The van der Waals surface area contributed by atoms with Gasteiger partial charge < -0.3 is 9.47 Å². The second-order valence-electron chi connectivity index (χ2n) is 6.98. The summed E-state index contributed by atoms with van der Waals surface area (Å²) in [5.74, 6) is 1.45. The lowest BCUT2D eigenvalue weighted by Gasteiger charge is -2.17. The van der Waals surface area contributed by atoms with Crippen LogP contribution in [0.2, 0.25) is 0 Å². The highest BCUT2D eigenvalue weighted by molar-refractivity contribution is 8.15. The molecule has 0 spiro atoms. The lowest BCUT2D eigenvalue weighted by Crippen LogP contribution is -2.31. The van der Waals surface area contributed by atoms with Crippen molar-refractivity contribution in [3.05, 3.63) is 59.2 Å². The van der Waals surface area contributed by atoms with Crippen molar-refractivity contribution in [2.75, 3.05) is 14.2 Å². The maximum absolute atomic E-state index is 13.0. The van der Waals surface area contributed by atoms with Gasteiger partial charge in [0.05, 0.1) is 32.2 Å². The van der Waals surface area contributed by atoms with E-state index >= 15 is 0 Å². The molecule has 2 aromatic carbocycles. The predicted octanol–water partition coefficient (Wildman–Crippen LogP) is 4.65. The number of amides is 1. The van der Waals surface area contributed by atoms with Gasteiger partial charge in [0.2, 0.25) is 5.91 Å². The van der Waals surface area contributed by atoms with Gasteiger partial charge in [0.25, 0.3) is 0 Å². The van der Waals surface area contributed by atoms with E-state index in [-0.39, 0.29) is 11.2 Å². The molecule has 1 aliphatic rings. The Balaban J connectivity index is 1.85. The fourth-order valence-electron chi connectivity index (χ4n) is 3.20. The van der Waals surface area contributed by atoms with Crippen LogP contribution in [-0.4, -0.2) is 41.7 Å². The number of benzene rings is 2. The molecule has 0 saturated carbocycles. The highest BCUT2D eigenvalue weighted by Crippen LogP contribution is 2.32. The highest BCUT2D eigenvalue weighted by atomic mass is 32.2. The molecule has 30 heavy (non-hydrogen) atoms. The van der Waals surface area contributed by atoms with Crippen LogP contribution in [0.4, 0.5) is 0 Å². The summed E-state index contributed by atoms with van der Waals surface area (Å²) >= 11 is 1.49. The second-order valence-corrected chi connectivity index (χ2v) is 8.15. The molecule has 6 nitrogen and oxygen atoms in total. The van der Waals surface area contributed by atoms with E-state index in [1.165, 1.54) is 11.8 Å².